The minimum absolute atomic E-state index is 0.0653. The van der Waals surface area contributed by atoms with E-state index < -0.39 is 16.9 Å². The van der Waals surface area contributed by atoms with Gasteiger partial charge in [0.25, 0.3) is 5.56 Å². The number of hydrogen-bond donors (Lipinski definition) is 1. The number of nitriles is 2. The first-order chi connectivity index (χ1) is 18.2. The normalized spacial score (nSPS) is 10.8. The highest BCUT2D eigenvalue weighted by atomic mass is 35.5. The Hall–Kier alpha value is -4.90. The van der Waals surface area contributed by atoms with Crippen LogP contribution in [0.25, 0.3) is 27.8 Å². The first kappa shape index (κ1) is 24.8. The van der Waals surface area contributed by atoms with Crippen molar-refractivity contribution >= 4 is 34.1 Å². The van der Waals surface area contributed by atoms with Crippen LogP contribution in [0.1, 0.15) is 22.8 Å². The van der Waals surface area contributed by atoms with Crippen LogP contribution in [0.2, 0.25) is 10.0 Å². The van der Waals surface area contributed by atoms with Crippen LogP contribution in [0.5, 0.6) is 11.5 Å². The number of nitrogens with one attached hydrogen (secondary N) is 1. The van der Waals surface area contributed by atoms with Crippen LogP contribution in [-0.2, 0) is 0 Å². The van der Waals surface area contributed by atoms with E-state index in [1.807, 2.05) is 18.0 Å². The van der Waals surface area contributed by atoms with Crippen LogP contribution >= 0.6 is 23.2 Å². The number of benzene rings is 2. The van der Waals surface area contributed by atoms with Crippen molar-refractivity contribution < 1.29 is 9.15 Å². The second-order valence-corrected chi connectivity index (χ2v) is 9.00. The molecule has 3 heterocycles. The zero-order valence-corrected chi connectivity index (χ0v) is 21.2. The molecule has 0 saturated heterocycles. The Bertz CT molecular complexity index is 1950. The zero-order valence-electron chi connectivity index (χ0n) is 19.7. The molecular formula is C26H14Cl2N6O4. The minimum Gasteiger partial charge on any atom is -0.454 e. The predicted molar refractivity (Wildman–Crippen MR) is 139 cm³/mol. The lowest BCUT2D eigenvalue weighted by Gasteiger charge is -2.13. The number of aromatic nitrogens is 4. The second-order valence-electron chi connectivity index (χ2n) is 8.19. The van der Waals surface area contributed by atoms with Gasteiger partial charge in [-0.2, -0.15) is 15.2 Å². The van der Waals surface area contributed by atoms with Crippen molar-refractivity contribution in [3.05, 3.63) is 96.1 Å². The summed E-state index contributed by atoms with van der Waals surface area (Å²) < 4.78 is 12.2. The summed E-state index contributed by atoms with van der Waals surface area (Å²) in [5.74, 6) is 1.37. The standard InChI is InChI=1S/C26H14Cl2N6O4/c1-12-5-21(17-6-13(2)37-23(17)11-30)31-20-4-3-15(9-16(12)20)38-24-18(27)7-14(8-19(24)28)34-26(36)32-25(35)22(10-29)33-34/h3-9H,1-2H3,(H,32,35,36). The lowest BCUT2D eigenvalue weighted by atomic mass is 10.0. The maximum absolute atomic E-state index is 12.2. The smallest absolute Gasteiger partial charge is 0.349 e. The monoisotopic (exact) mass is 544 g/mol. The minimum atomic E-state index is -0.899. The van der Waals surface area contributed by atoms with Crippen LogP contribution in [-0.4, -0.2) is 19.7 Å². The number of pyridine rings is 1. The van der Waals surface area contributed by atoms with Gasteiger partial charge in [-0.25, -0.2) is 9.78 Å². The van der Waals surface area contributed by atoms with Gasteiger partial charge in [-0.1, -0.05) is 23.2 Å². The molecule has 0 fully saturated rings. The van der Waals surface area contributed by atoms with Crippen molar-refractivity contribution in [2.45, 2.75) is 13.8 Å². The molecule has 0 aliphatic carbocycles. The van der Waals surface area contributed by atoms with Gasteiger partial charge in [0.15, 0.2) is 5.75 Å². The molecule has 10 nitrogen and oxygen atoms in total. The van der Waals surface area contributed by atoms with E-state index in [-0.39, 0.29) is 27.2 Å². The molecule has 12 heteroatoms. The number of halogens is 2. The van der Waals surface area contributed by atoms with Crippen molar-refractivity contribution in [2.75, 3.05) is 0 Å². The molecule has 0 amide bonds. The average molecular weight is 545 g/mol. The van der Waals surface area contributed by atoms with Gasteiger partial charge in [-0.15, -0.1) is 5.10 Å². The van der Waals surface area contributed by atoms with Crippen molar-refractivity contribution in [1.29, 1.82) is 10.5 Å². The third-order valence-electron chi connectivity index (χ3n) is 5.60. The number of hydrogen-bond acceptors (Lipinski definition) is 8. The number of fused-ring (bicyclic) bond motifs is 1. The van der Waals surface area contributed by atoms with Crippen molar-refractivity contribution in [3.8, 4) is 40.6 Å². The maximum Gasteiger partial charge on any atom is 0.349 e. The maximum atomic E-state index is 12.2. The Morgan fingerprint density at radius 1 is 1.03 bits per heavy atom. The number of H-pyrrole nitrogens is 1. The highest BCUT2D eigenvalue weighted by Gasteiger charge is 2.17. The van der Waals surface area contributed by atoms with E-state index in [1.165, 1.54) is 12.1 Å². The molecule has 38 heavy (non-hydrogen) atoms. The zero-order chi connectivity index (χ0) is 27.1. The fourth-order valence-corrected chi connectivity index (χ4v) is 4.45. The number of aryl methyl sites for hydroxylation is 2. The van der Waals surface area contributed by atoms with E-state index in [0.29, 0.717) is 28.3 Å². The van der Waals surface area contributed by atoms with Gasteiger partial charge in [0.1, 0.15) is 23.6 Å². The van der Waals surface area contributed by atoms with Crippen LogP contribution in [0.4, 0.5) is 0 Å². The molecule has 0 radical (unpaired) electrons. The summed E-state index contributed by atoms with van der Waals surface area (Å²) in [6.45, 7) is 3.68. The van der Waals surface area contributed by atoms with Crippen molar-refractivity contribution in [1.82, 2.24) is 19.7 Å². The molecule has 0 spiro atoms. The lowest BCUT2D eigenvalue weighted by Crippen LogP contribution is -2.33. The third-order valence-corrected chi connectivity index (χ3v) is 6.16. The van der Waals surface area contributed by atoms with E-state index in [4.69, 9.17) is 37.6 Å². The third kappa shape index (κ3) is 4.39. The van der Waals surface area contributed by atoms with Crippen molar-refractivity contribution in [2.24, 2.45) is 0 Å². The lowest BCUT2D eigenvalue weighted by molar-refractivity contribution is 0.483. The largest absolute Gasteiger partial charge is 0.454 e. The summed E-state index contributed by atoms with van der Waals surface area (Å²) in [6.07, 6.45) is 0. The molecule has 2 aromatic carbocycles. The number of rotatable bonds is 4. The quantitative estimate of drug-likeness (QED) is 0.324. The SMILES string of the molecule is Cc1cc(-c2cc(C)c3cc(Oc4c(Cl)cc(-n5nc(C#N)c(=O)[nH]c5=O)cc4Cl)ccc3n2)c(C#N)o1. The van der Waals surface area contributed by atoms with Gasteiger partial charge < -0.3 is 9.15 Å². The molecule has 5 rings (SSSR count). The molecule has 3 aromatic heterocycles. The Morgan fingerprint density at radius 3 is 2.45 bits per heavy atom. The van der Waals surface area contributed by atoms with Gasteiger partial charge in [-0.3, -0.25) is 9.78 Å². The topological polar surface area (TPSA) is 151 Å². The first-order valence-electron chi connectivity index (χ1n) is 10.9. The Labute approximate surface area is 223 Å². The van der Waals surface area contributed by atoms with Crippen LogP contribution < -0.4 is 16.0 Å². The van der Waals surface area contributed by atoms with Gasteiger partial charge in [0, 0.05) is 5.39 Å². The van der Waals surface area contributed by atoms with Gasteiger partial charge in [-0.05, 0) is 61.9 Å². The average Bonchev–Trinajstić information content (AvgIpc) is 3.27. The molecule has 0 atom stereocenters. The Morgan fingerprint density at radius 2 is 1.76 bits per heavy atom. The molecular weight excluding hydrogens is 531 g/mol. The first-order valence-corrected chi connectivity index (χ1v) is 11.7. The van der Waals surface area contributed by atoms with Crippen LogP contribution in [0, 0.1) is 36.5 Å². The molecule has 0 bridgehead atoms. The van der Waals surface area contributed by atoms with Gasteiger partial charge >= 0.3 is 5.69 Å². The van der Waals surface area contributed by atoms with E-state index in [9.17, 15) is 14.9 Å². The van der Waals surface area contributed by atoms with Crippen LogP contribution in [0.15, 0.2) is 56.5 Å². The fraction of sp³-hybridized carbons (Fsp3) is 0.0769. The highest BCUT2D eigenvalue weighted by molar-refractivity contribution is 6.37. The highest BCUT2D eigenvalue weighted by Crippen LogP contribution is 2.39. The molecule has 1 N–H and O–H groups in total. The van der Waals surface area contributed by atoms with Crippen LogP contribution in [0.3, 0.4) is 0 Å². The van der Waals surface area contributed by atoms with E-state index in [1.54, 1.807) is 37.3 Å². The molecule has 0 unspecified atom stereocenters. The number of ether oxygens (including phenoxy) is 1. The number of nitrogens with zero attached hydrogens (tertiary/aromatic N) is 5. The summed E-state index contributed by atoms with van der Waals surface area (Å²) in [5, 5.41) is 23.1. The fourth-order valence-electron chi connectivity index (χ4n) is 3.89. The predicted octanol–water partition coefficient (Wildman–Crippen LogP) is 5.19. The van der Waals surface area contributed by atoms with E-state index in [2.05, 4.69) is 16.2 Å². The second kappa shape index (κ2) is 9.52. The Balaban J connectivity index is 1.51. The summed E-state index contributed by atoms with van der Waals surface area (Å²) >= 11 is 12.8. The Kier molecular flexibility index (Phi) is 6.21. The van der Waals surface area contributed by atoms with Crippen molar-refractivity contribution in [3.63, 3.8) is 0 Å². The summed E-state index contributed by atoms with van der Waals surface area (Å²) in [6, 6.07) is 15.3. The molecule has 5 aromatic rings. The summed E-state index contributed by atoms with van der Waals surface area (Å²) in [4.78, 5) is 30.5. The molecule has 186 valence electrons. The molecule has 0 saturated carbocycles. The molecule has 0 aliphatic rings. The van der Waals surface area contributed by atoms with E-state index in [0.717, 1.165) is 15.6 Å². The van der Waals surface area contributed by atoms with Gasteiger partial charge in [0.2, 0.25) is 11.5 Å². The molecule has 0 aliphatic heterocycles. The number of aromatic amines is 1. The summed E-state index contributed by atoms with van der Waals surface area (Å²) in [7, 11) is 0. The van der Waals surface area contributed by atoms with E-state index >= 15 is 0 Å². The number of furan rings is 1. The summed E-state index contributed by atoms with van der Waals surface area (Å²) in [5.41, 5.74) is 0.677. The van der Waals surface area contributed by atoms with Gasteiger partial charge in [0.05, 0.1) is 32.5 Å².